The minimum atomic E-state index is -0.507. The number of nitrogens with zero attached hydrogens (tertiary/aromatic N) is 5. The van der Waals surface area contributed by atoms with E-state index in [4.69, 9.17) is 11.6 Å². The van der Waals surface area contributed by atoms with Crippen molar-refractivity contribution in [3.8, 4) is 5.82 Å². The van der Waals surface area contributed by atoms with E-state index in [1.54, 1.807) is 10.9 Å². The molecule has 1 fully saturated rings. The Bertz CT molecular complexity index is 955. The minimum absolute atomic E-state index is 0.00949. The molecule has 4 rings (SSSR count). The van der Waals surface area contributed by atoms with E-state index in [0.29, 0.717) is 37.4 Å². The molecule has 0 atom stereocenters. The number of anilines is 2. The molecule has 1 aliphatic rings. The Morgan fingerprint density at radius 2 is 1.89 bits per heavy atom. The van der Waals surface area contributed by atoms with Crippen LogP contribution in [0.25, 0.3) is 5.82 Å². The number of hydrogen-bond donors (Lipinski definition) is 1. The van der Waals surface area contributed by atoms with Gasteiger partial charge in [-0.2, -0.15) is 5.10 Å². The zero-order valence-corrected chi connectivity index (χ0v) is 15.7. The number of piperidine rings is 1. The van der Waals surface area contributed by atoms with Gasteiger partial charge in [0.1, 0.15) is 5.82 Å². The van der Waals surface area contributed by atoms with Gasteiger partial charge in [0, 0.05) is 37.1 Å². The third-order valence-corrected chi connectivity index (χ3v) is 5.04. The highest BCUT2D eigenvalue weighted by molar-refractivity contribution is 6.31. The second kappa shape index (κ2) is 7.93. The molecule has 9 heteroatoms. The van der Waals surface area contributed by atoms with Crippen molar-refractivity contribution in [2.45, 2.75) is 12.8 Å². The molecular formula is C19H18ClFN6O. The van der Waals surface area contributed by atoms with Gasteiger partial charge in [-0.3, -0.25) is 4.79 Å². The number of halogens is 2. The highest BCUT2D eigenvalue weighted by Gasteiger charge is 2.26. The zero-order chi connectivity index (χ0) is 19.5. The fraction of sp³-hybridized carbons (Fsp3) is 0.263. The summed E-state index contributed by atoms with van der Waals surface area (Å²) in [5.41, 5.74) is 0.499. The summed E-state index contributed by atoms with van der Waals surface area (Å²) in [6, 6.07) is 9.76. The Morgan fingerprint density at radius 3 is 2.54 bits per heavy atom. The van der Waals surface area contributed by atoms with E-state index in [9.17, 15) is 9.18 Å². The van der Waals surface area contributed by atoms with Gasteiger partial charge >= 0.3 is 0 Å². The van der Waals surface area contributed by atoms with Crippen molar-refractivity contribution in [1.29, 1.82) is 0 Å². The average molecular weight is 401 g/mol. The third-order valence-electron chi connectivity index (χ3n) is 4.75. The molecule has 1 aliphatic heterocycles. The normalized spacial score (nSPS) is 14.9. The molecule has 7 nitrogen and oxygen atoms in total. The number of hydrogen-bond acceptors (Lipinski definition) is 5. The molecule has 0 bridgehead atoms. The predicted octanol–water partition coefficient (Wildman–Crippen LogP) is 3.31. The van der Waals surface area contributed by atoms with Gasteiger partial charge in [0.2, 0.25) is 5.91 Å². The molecule has 0 aliphatic carbocycles. The van der Waals surface area contributed by atoms with Crippen LogP contribution in [0.3, 0.4) is 0 Å². The zero-order valence-electron chi connectivity index (χ0n) is 14.9. The number of amides is 1. The Kier molecular flexibility index (Phi) is 5.21. The number of carbonyl (C=O) groups is 1. The molecule has 2 aromatic heterocycles. The highest BCUT2D eigenvalue weighted by atomic mass is 35.5. The molecular weight excluding hydrogens is 383 g/mol. The fourth-order valence-corrected chi connectivity index (χ4v) is 3.38. The van der Waals surface area contributed by atoms with Crippen molar-refractivity contribution in [2.24, 2.45) is 5.92 Å². The van der Waals surface area contributed by atoms with Crippen molar-refractivity contribution in [1.82, 2.24) is 20.0 Å². The Morgan fingerprint density at radius 1 is 1.14 bits per heavy atom. The molecule has 1 aromatic carbocycles. The van der Waals surface area contributed by atoms with Gasteiger partial charge in [-0.15, -0.1) is 10.2 Å². The smallest absolute Gasteiger partial charge is 0.227 e. The van der Waals surface area contributed by atoms with Crippen LogP contribution in [0.5, 0.6) is 0 Å². The maximum atomic E-state index is 13.2. The summed E-state index contributed by atoms with van der Waals surface area (Å²) in [4.78, 5) is 14.6. The van der Waals surface area contributed by atoms with Gasteiger partial charge < -0.3 is 10.2 Å². The van der Waals surface area contributed by atoms with E-state index in [2.05, 4.69) is 25.5 Å². The van der Waals surface area contributed by atoms with Crippen LogP contribution in [0.15, 0.2) is 48.8 Å². The molecule has 0 unspecified atom stereocenters. The molecule has 3 heterocycles. The summed E-state index contributed by atoms with van der Waals surface area (Å²) in [6.07, 6.45) is 4.89. The lowest BCUT2D eigenvalue weighted by Crippen LogP contribution is -2.38. The largest absolute Gasteiger partial charge is 0.355 e. The van der Waals surface area contributed by atoms with Gasteiger partial charge in [-0.25, -0.2) is 9.07 Å². The van der Waals surface area contributed by atoms with E-state index in [-0.39, 0.29) is 16.8 Å². The van der Waals surface area contributed by atoms with Crippen LogP contribution in [-0.2, 0) is 4.79 Å². The van der Waals surface area contributed by atoms with Gasteiger partial charge in [0.05, 0.1) is 5.02 Å². The summed E-state index contributed by atoms with van der Waals surface area (Å²) in [6.45, 7) is 1.41. The van der Waals surface area contributed by atoms with Gasteiger partial charge in [-0.1, -0.05) is 11.6 Å². The number of aromatic nitrogens is 4. The van der Waals surface area contributed by atoms with Crippen LogP contribution in [0.2, 0.25) is 5.02 Å². The van der Waals surface area contributed by atoms with Crippen molar-refractivity contribution >= 4 is 29.0 Å². The first-order valence-electron chi connectivity index (χ1n) is 8.95. The van der Waals surface area contributed by atoms with E-state index in [1.165, 1.54) is 18.2 Å². The number of nitrogens with one attached hydrogen (secondary N) is 1. The molecule has 0 spiro atoms. The molecule has 0 radical (unpaired) electrons. The summed E-state index contributed by atoms with van der Waals surface area (Å²) < 4.78 is 14.9. The topological polar surface area (TPSA) is 75.9 Å². The Balaban J connectivity index is 1.33. The molecule has 1 saturated heterocycles. The first kappa shape index (κ1) is 18.4. The maximum Gasteiger partial charge on any atom is 0.227 e. The van der Waals surface area contributed by atoms with E-state index >= 15 is 0 Å². The molecule has 3 aromatic rings. The van der Waals surface area contributed by atoms with Crippen molar-refractivity contribution in [2.75, 3.05) is 23.3 Å². The SMILES string of the molecule is O=C(Nc1ccc(F)c(Cl)c1)C1CCN(c2ccc(-n3cccn3)nn2)CC1. The maximum absolute atomic E-state index is 13.2. The van der Waals surface area contributed by atoms with Crippen LogP contribution in [0, 0.1) is 11.7 Å². The highest BCUT2D eigenvalue weighted by Crippen LogP contribution is 2.24. The van der Waals surface area contributed by atoms with Crippen LogP contribution >= 0.6 is 11.6 Å². The van der Waals surface area contributed by atoms with Crippen molar-refractivity contribution in [3.63, 3.8) is 0 Å². The third kappa shape index (κ3) is 3.96. The monoisotopic (exact) mass is 400 g/mol. The van der Waals surface area contributed by atoms with Crippen LogP contribution < -0.4 is 10.2 Å². The lowest BCUT2D eigenvalue weighted by atomic mass is 9.96. The molecule has 1 N–H and O–H groups in total. The lowest BCUT2D eigenvalue weighted by Gasteiger charge is -2.31. The molecule has 1 amide bonds. The Labute approximate surface area is 166 Å². The molecule has 28 heavy (non-hydrogen) atoms. The fourth-order valence-electron chi connectivity index (χ4n) is 3.20. The van der Waals surface area contributed by atoms with Gasteiger partial charge in [0.25, 0.3) is 0 Å². The van der Waals surface area contributed by atoms with E-state index in [1.807, 2.05) is 24.4 Å². The lowest BCUT2D eigenvalue weighted by molar-refractivity contribution is -0.120. The number of carbonyl (C=O) groups excluding carboxylic acids is 1. The number of benzene rings is 1. The minimum Gasteiger partial charge on any atom is -0.355 e. The summed E-state index contributed by atoms with van der Waals surface area (Å²) in [7, 11) is 0. The van der Waals surface area contributed by atoms with Crippen LogP contribution in [-0.4, -0.2) is 39.0 Å². The number of rotatable bonds is 4. The van der Waals surface area contributed by atoms with E-state index < -0.39 is 5.82 Å². The van der Waals surface area contributed by atoms with Gasteiger partial charge in [-0.05, 0) is 49.2 Å². The standard InChI is InChI=1S/C19H18ClFN6O/c20-15-12-14(2-3-16(15)21)23-19(28)13-6-10-26(11-7-13)17-4-5-18(25-24-17)27-9-1-8-22-27/h1-5,8-9,12-13H,6-7,10-11H2,(H,23,28). The first-order valence-corrected chi connectivity index (χ1v) is 9.32. The van der Waals surface area contributed by atoms with Gasteiger partial charge in [0.15, 0.2) is 11.6 Å². The summed E-state index contributed by atoms with van der Waals surface area (Å²) >= 11 is 5.76. The van der Waals surface area contributed by atoms with Crippen LogP contribution in [0.4, 0.5) is 15.9 Å². The second-order valence-corrected chi connectivity index (χ2v) is 6.99. The quantitative estimate of drug-likeness (QED) is 0.727. The van der Waals surface area contributed by atoms with Crippen molar-refractivity contribution < 1.29 is 9.18 Å². The molecule has 0 saturated carbocycles. The predicted molar refractivity (Wildman–Crippen MR) is 104 cm³/mol. The first-order chi connectivity index (χ1) is 13.6. The molecule has 144 valence electrons. The summed E-state index contributed by atoms with van der Waals surface area (Å²) in [5.74, 6) is 0.729. The van der Waals surface area contributed by atoms with Crippen LogP contribution in [0.1, 0.15) is 12.8 Å². The van der Waals surface area contributed by atoms with E-state index in [0.717, 1.165) is 5.82 Å². The second-order valence-electron chi connectivity index (χ2n) is 6.58. The summed E-state index contributed by atoms with van der Waals surface area (Å²) in [5, 5.41) is 15.4. The average Bonchev–Trinajstić information content (AvgIpc) is 3.26. The Hall–Kier alpha value is -3.00. The van der Waals surface area contributed by atoms with Crippen molar-refractivity contribution in [3.05, 3.63) is 59.6 Å².